The number of anilines is 1. The minimum absolute atomic E-state index is 0.191. The Morgan fingerprint density at radius 1 is 1.05 bits per heavy atom. The summed E-state index contributed by atoms with van der Waals surface area (Å²) in [5, 5.41) is 2.46. The number of nitrogens with one attached hydrogen (secondary N) is 1. The first-order valence-electron chi connectivity index (χ1n) is 5.52. The van der Waals surface area contributed by atoms with E-state index in [0.717, 1.165) is 12.1 Å². The number of carbonyl (C=O) groups is 1. The topological polar surface area (TPSA) is 29.1 Å². The molecule has 5 heteroatoms. The summed E-state index contributed by atoms with van der Waals surface area (Å²) in [5.74, 6) is -2.45. The quantitative estimate of drug-likeness (QED) is 0.848. The molecule has 1 amide bonds. The summed E-state index contributed by atoms with van der Waals surface area (Å²) < 4.78 is 26.9. The largest absolute Gasteiger partial charge is 0.322 e. The van der Waals surface area contributed by atoms with E-state index >= 15 is 0 Å². The smallest absolute Gasteiger partial charge is 0.261 e. The molecule has 0 atom stereocenters. The predicted molar refractivity (Wildman–Crippen MR) is 70.3 cm³/mol. The first-order chi connectivity index (χ1) is 9.13. The molecular formula is C14H10ClF2NO. The summed E-state index contributed by atoms with van der Waals surface area (Å²) in [6, 6.07) is 10.1. The summed E-state index contributed by atoms with van der Waals surface area (Å²) >= 11 is 5.72. The Hall–Kier alpha value is -1.94. The van der Waals surface area contributed by atoms with Gasteiger partial charge in [0.05, 0.1) is 0 Å². The van der Waals surface area contributed by atoms with Crippen molar-refractivity contribution in [3.63, 3.8) is 0 Å². The molecule has 0 saturated heterocycles. The maximum absolute atomic E-state index is 13.5. The Labute approximate surface area is 114 Å². The van der Waals surface area contributed by atoms with Gasteiger partial charge in [0.1, 0.15) is 17.2 Å². The lowest BCUT2D eigenvalue weighted by Crippen LogP contribution is -2.16. The molecule has 98 valence electrons. The third-order valence-electron chi connectivity index (χ3n) is 2.60. The molecule has 1 N–H and O–H groups in total. The highest BCUT2D eigenvalue weighted by Crippen LogP contribution is 2.19. The van der Waals surface area contributed by atoms with Crippen molar-refractivity contribution in [3.05, 3.63) is 65.2 Å². The molecule has 0 saturated carbocycles. The van der Waals surface area contributed by atoms with E-state index in [2.05, 4.69) is 5.32 Å². The van der Waals surface area contributed by atoms with E-state index in [1.807, 2.05) is 0 Å². The Kier molecular flexibility index (Phi) is 4.12. The molecule has 2 nitrogen and oxygen atoms in total. The van der Waals surface area contributed by atoms with Crippen molar-refractivity contribution in [2.45, 2.75) is 5.88 Å². The van der Waals surface area contributed by atoms with Crippen LogP contribution in [0.25, 0.3) is 0 Å². The second-order valence-electron chi connectivity index (χ2n) is 3.84. The zero-order valence-corrected chi connectivity index (χ0v) is 10.5. The molecule has 2 aromatic carbocycles. The van der Waals surface area contributed by atoms with Crippen LogP contribution in [-0.2, 0) is 5.88 Å². The van der Waals surface area contributed by atoms with Crippen molar-refractivity contribution in [2.75, 3.05) is 5.32 Å². The molecule has 0 heterocycles. The first-order valence-corrected chi connectivity index (χ1v) is 6.06. The second-order valence-corrected chi connectivity index (χ2v) is 4.11. The van der Waals surface area contributed by atoms with Gasteiger partial charge in [-0.15, -0.1) is 11.6 Å². The number of para-hydroxylation sites is 1. The lowest BCUT2D eigenvalue weighted by Gasteiger charge is -2.10. The van der Waals surface area contributed by atoms with Crippen LogP contribution in [0.2, 0.25) is 0 Å². The van der Waals surface area contributed by atoms with Crippen LogP contribution < -0.4 is 5.32 Å². The number of hydrogen-bond acceptors (Lipinski definition) is 1. The van der Waals surface area contributed by atoms with E-state index in [4.69, 9.17) is 11.6 Å². The zero-order valence-electron chi connectivity index (χ0n) is 9.79. The van der Waals surface area contributed by atoms with Gasteiger partial charge in [0.15, 0.2) is 0 Å². The van der Waals surface area contributed by atoms with Gasteiger partial charge in [0.2, 0.25) is 0 Å². The van der Waals surface area contributed by atoms with Gasteiger partial charge in [-0.3, -0.25) is 4.79 Å². The van der Waals surface area contributed by atoms with Crippen LogP contribution in [0.3, 0.4) is 0 Å². The number of amides is 1. The monoisotopic (exact) mass is 281 g/mol. The van der Waals surface area contributed by atoms with E-state index in [-0.39, 0.29) is 5.88 Å². The summed E-state index contributed by atoms with van der Waals surface area (Å²) in [6.45, 7) is 0. The lowest BCUT2D eigenvalue weighted by atomic mass is 10.1. The van der Waals surface area contributed by atoms with Gasteiger partial charge in [-0.05, 0) is 23.8 Å². The van der Waals surface area contributed by atoms with E-state index in [0.29, 0.717) is 11.3 Å². The number of hydrogen-bond donors (Lipinski definition) is 1. The molecule has 0 spiro atoms. The molecule has 2 aromatic rings. The minimum Gasteiger partial charge on any atom is -0.322 e. The van der Waals surface area contributed by atoms with Crippen molar-refractivity contribution in [1.82, 2.24) is 0 Å². The standard InChI is InChI=1S/C14H10ClF2NO/c15-8-9-4-1-2-7-12(9)18-14(19)13-10(16)5-3-6-11(13)17/h1-7H,8H2,(H,18,19). The van der Waals surface area contributed by atoms with Gasteiger partial charge in [-0.25, -0.2) is 8.78 Å². The molecule has 0 aliphatic heterocycles. The van der Waals surface area contributed by atoms with Crippen LogP contribution in [0.5, 0.6) is 0 Å². The number of benzene rings is 2. The summed E-state index contributed by atoms with van der Waals surface area (Å²) in [7, 11) is 0. The Balaban J connectivity index is 2.31. The predicted octanol–water partition coefficient (Wildman–Crippen LogP) is 3.96. The molecule has 0 aromatic heterocycles. The zero-order chi connectivity index (χ0) is 13.8. The van der Waals surface area contributed by atoms with Crippen molar-refractivity contribution in [3.8, 4) is 0 Å². The van der Waals surface area contributed by atoms with Crippen LogP contribution in [0, 0.1) is 11.6 Å². The molecule has 0 fully saturated rings. The van der Waals surface area contributed by atoms with E-state index in [1.54, 1.807) is 24.3 Å². The fourth-order valence-corrected chi connectivity index (χ4v) is 1.89. The van der Waals surface area contributed by atoms with E-state index in [9.17, 15) is 13.6 Å². The first kappa shape index (κ1) is 13.5. The maximum Gasteiger partial charge on any atom is 0.261 e. The SMILES string of the molecule is O=C(Nc1ccccc1CCl)c1c(F)cccc1F. The van der Waals surface area contributed by atoms with Gasteiger partial charge < -0.3 is 5.32 Å². The van der Waals surface area contributed by atoms with Crippen molar-refractivity contribution >= 4 is 23.2 Å². The Morgan fingerprint density at radius 3 is 2.32 bits per heavy atom. The van der Waals surface area contributed by atoms with E-state index in [1.165, 1.54) is 6.07 Å². The molecule has 19 heavy (non-hydrogen) atoms. The number of carbonyl (C=O) groups excluding carboxylic acids is 1. The highest BCUT2D eigenvalue weighted by Gasteiger charge is 2.17. The molecule has 0 bridgehead atoms. The Morgan fingerprint density at radius 2 is 1.68 bits per heavy atom. The van der Waals surface area contributed by atoms with Gasteiger partial charge in [0.25, 0.3) is 5.91 Å². The molecule has 0 aliphatic carbocycles. The average Bonchev–Trinajstić information content (AvgIpc) is 2.39. The van der Waals surface area contributed by atoms with Crippen LogP contribution in [-0.4, -0.2) is 5.91 Å². The lowest BCUT2D eigenvalue weighted by molar-refractivity contribution is 0.101. The van der Waals surface area contributed by atoms with Crippen LogP contribution in [0.4, 0.5) is 14.5 Å². The molecule has 2 rings (SSSR count). The van der Waals surface area contributed by atoms with Gasteiger partial charge in [-0.2, -0.15) is 0 Å². The van der Waals surface area contributed by atoms with Crippen molar-refractivity contribution in [1.29, 1.82) is 0 Å². The van der Waals surface area contributed by atoms with E-state index < -0.39 is 23.1 Å². The van der Waals surface area contributed by atoms with Crippen LogP contribution >= 0.6 is 11.6 Å². The highest BCUT2D eigenvalue weighted by atomic mass is 35.5. The summed E-state index contributed by atoms with van der Waals surface area (Å²) in [5.41, 5.74) is 0.506. The average molecular weight is 282 g/mol. The molecule has 0 aliphatic rings. The normalized spacial score (nSPS) is 10.3. The maximum atomic E-state index is 13.5. The van der Waals surface area contributed by atoms with Gasteiger partial charge in [0, 0.05) is 11.6 Å². The van der Waals surface area contributed by atoms with Crippen molar-refractivity contribution in [2.24, 2.45) is 0 Å². The van der Waals surface area contributed by atoms with Crippen molar-refractivity contribution < 1.29 is 13.6 Å². The molecule has 0 unspecified atom stereocenters. The van der Waals surface area contributed by atoms with Crippen LogP contribution in [0.15, 0.2) is 42.5 Å². The number of halogens is 3. The summed E-state index contributed by atoms with van der Waals surface area (Å²) in [6.07, 6.45) is 0. The fraction of sp³-hybridized carbons (Fsp3) is 0.0714. The summed E-state index contributed by atoms with van der Waals surface area (Å²) in [4.78, 5) is 11.9. The third-order valence-corrected chi connectivity index (χ3v) is 2.89. The highest BCUT2D eigenvalue weighted by molar-refractivity contribution is 6.17. The molecule has 0 radical (unpaired) electrons. The van der Waals surface area contributed by atoms with Gasteiger partial charge in [-0.1, -0.05) is 24.3 Å². The Bertz CT molecular complexity index is 596. The van der Waals surface area contributed by atoms with Gasteiger partial charge >= 0.3 is 0 Å². The molecular weight excluding hydrogens is 272 g/mol. The number of alkyl halides is 1. The number of rotatable bonds is 3. The second kappa shape index (κ2) is 5.80. The van der Waals surface area contributed by atoms with Crippen LogP contribution in [0.1, 0.15) is 15.9 Å². The fourth-order valence-electron chi connectivity index (χ4n) is 1.66. The third kappa shape index (κ3) is 2.90. The minimum atomic E-state index is -0.902.